The molecule has 0 radical (unpaired) electrons. The summed E-state index contributed by atoms with van der Waals surface area (Å²) in [5.74, 6) is 0.291. The molecule has 2 aliphatic rings. The lowest BCUT2D eigenvalue weighted by Gasteiger charge is -2.31. The number of nitrogens with zero attached hydrogens (tertiary/aromatic N) is 2. The van der Waals surface area contributed by atoms with E-state index in [1.54, 1.807) is 14.0 Å². The molecule has 0 spiro atoms. The van der Waals surface area contributed by atoms with Crippen LogP contribution in [-0.4, -0.2) is 41.7 Å². The molecular weight excluding hydrogens is 450 g/mol. The van der Waals surface area contributed by atoms with Gasteiger partial charge in [0.25, 0.3) is 0 Å². The van der Waals surface area contributed by atoms with Crippen LogP contribution in [0.15, 0.2) is 42.6 Å². The smallest absolute Gasteiger partial charge is 0.325 e. The van der Waals surface area contributed by atoms with E-state index in [-0.39, 0.29) is 25.2 Å². The largest absolute Gasteiger partial charge is 0.497 e. The number of esters is 1. The number of benzene rings is 1. The van der Waals surface area contributed by atoms with Crippen molar-refractivity contribution in [2.24, 2.45) is 0 Å². The first kappa shape index (κ1) is 22.5. The molecule has 5 rings (SSSR count). The number of rotatable bonds is 5. The van der Waals surface area contributed by atoms with E-state index >= 15 is 0 Å². The molecule has 0 saturated heterocycles. The molecule has 7 nitrogen and oxygen atoms in total. The molecule has 2 amide bonds. The van der Waals surface area contributed by atoms with Gasteiger partial charge in [-0.15, -0.1) is 11.3 Å². The average molecular weight is 480 g/mol. The molecular formula is C26H29N3O4S. The maximum atomic E-state index is 13.6. The number of thiophene rings is 1. The predicted octanol–water partition coefficient (Wildman–Crippen LogP) is 4.60. The van der Waals surface area contributed by atoms with Crippen LogP contribution in [0.25, 0.3) is 5.00 Å². The molecule has 1 aromatic carbocycles. The van der Waals surface area contributed by atoms with Crippen LogP contribution in [0.5, 0.6) is 5.75 Å². The molecule has 1 atom stereocenters. The fourth-order valence-electron chi connectivity index (χ4n) is 5.01. The maximum Gasteiger partial charge on any atom is 0.325 e. The van der Waals surface area contributed by atoms with Gasteiger partial charge in [0.1, 0.15) is 17.3 Å². The highest BCUT2D eigenvalue weighted by molar-refractivity contribution is 7.15. The lowest BCUT2D eigenvalue weighted by Crippen LogP contribution is -2.44. The minimum atomic E-state index is -0.444. The fraction of sp³-hybridized carbons (Fsp3) is 0.385. The van der Waals surface area contributed by atoms with Crippen LogP contribution in [-0.2, 0) is 28.9 Å². The van der Waals surface area contributed by atoms with E-state index in [0.717, 1.165) is 29.8 Å². The number of amides is 2. The number of nitrogens with one attached hydrogen (secondary N) is 1. The van der Waals surface area contributed by atoms with Gasteiger partial charge in [-0.2, -0.15) is 0 Å². The van der Waals surface area contributed by atoms with Crippen molar-refractivity contribution in [3.63, 3.8) is 0 Å². The summed E-state index contributed by atoms with van der Waals surface area (Å²) in [5.41, 5.74) is 4.57. The van der Waals surface area contributed by atoms with Crippen LogP contribution in [0.2, 0.25) is 0 Å². The Bertz CT molecular complexity index is 1210. The maximum absolute atomic E-state index is 13.6. The van der Waals surface area contributed by atoms with Crippen molar-refractivity contribution in [1.82, 2.24) is 14.8 Å². The summed E-state index contributed by atoms with van der Waals surface area (Å²) in [5, 5.41) is 3.99. The molecule has 2 aromatic heterocycles. The fourth-order valence-corrected chi connectivity index (χ4v) is 6.41. The highest BCUT2D eigenvalue weighted by Crippen LogP contribution is 2.44. The van der Waals surface area contributed by atoms with Gasteiger partial charge in [0.05, 0.1) is 32.0 Å². The molecule has 8 heteroatoms. The van der Waals surface area contributed by atoms with Crippen molar-refractivity contribution in [2.75, 3.05) is 20.3 Å². The minimum absolute atomic E-state index is 0.163. The Kier molecular flexibility index (Phi) is 6.32. The van der Waals surface area contributed by atoms with Crippen molar-refractivity contribution in [3.05, 3.63) is 69.9 Å². The number of carbonyl (C=O) groups is 2. The number of methoxy groups -OCH3 is 1. The summed E-state index contributed by atoms with van der Waals surface area (Å²) in [4.78, 5) is 28.8. The molecule has 0 saturated carbocycles. The molecule has 1 aliphatic heterocycles. The Morgan fingerprint density at radius 2 is 2.00 bits per heavy atom. The van der Waals surface area contributed by atoms with Gasteiger partial charge in [-0.3, -0.25) is 4.79 Å². The Hall–Kier alpha value is -3.26. The van der Waals surface area contributed by atoms with Gasteiger partial charge < -0.3 is 24.3 Å². The van der Waals surface area contributed by atoms with Crippen molar-refractivity contribution in [1.29, 1.82) is 0 Å². The summed E-state index contributed by atoms with van der Waals surface area (Å²) < 4.78 is 12.7. The average Bonchev–Trinajstić information content (AvgIpc) is 3.44. The second-order valence-corrected chi connectivity index (χ2v) is 9.65. The normalized spacial score (nSPS) is 16.6. The number of hydrogen-bond acceptors (Lipinski definition) is 5. The summed E-state index contributed by atoms with van der Waals surface area (Å²) >= 11 is 1.85. The third-order valence-electron chi connectivity index (χ3n) is 6.54. The summed E-state index contributed by atoms with van der Waals surface area (Å²) in [7, 11) is 1.64. The van der Waals surface area contributed by atoms with E-state index < -0.39 is 5.97 Å². The molecule has 178 valence electrons. The van der Waals surface area contributed by atoms with Gasteiger partial charge in [0.15, 0.2) is 0 Å². The second kappa shape index (κ2) is 9.54. The topological polar surface area (TPSA) is 72.8 Å². The Labute approximate surface area is 203 Å². The zero-order valence-electron chi connectivity index (χ0n) is 19.5. The van der Waals surface area contributed by atoms with Gasteiger partial charge in [-0.05, 0) is 68.0 Å². The van der Waals surface area contributed by atoms with Crippen molar-refractivity contribution >= 4 is 23.3 Å². The van der Waals surface area contributed by atoms with Gasteiger partial charge >= 0.3 is 12.0 Å². The first-order valence-electron chi connectivity index (χ1n) is 11.8. The third kappa shape index (κ3) is 4.07. The first-order valence-corrected chi connectivity index (χ1v) is 12.6. The number of aryl methyl sites for hydroxylation is 1. The van der Waals surface area contributed by atoms with Crippen LogP contribution in [0.4, 0.5) is 4.79 Å². The number of aromatic nitrogens is 1. The van der Waals surface area contributed by atoms with Crippen LogP contribution in [0.1, 0.15) is 53.1 Å². The van der Waals surface area contributed by atoms with Crippen LogP contribution in [0.3, 0.4) is 0 Å². The standard InChI is InChI=1S/C26H29N3O4S/c1-3-33-23(30)15-27-26(31)29-16-20-19-10-4-5-12-22(19)34-25(20)28-13-7-11-21(28)24(29)17-8-6-9-18(14-17)32-2/h6-9,11,13-14,24H,3-5,10,12,15-16H2,1-2H3,(H,27,31)/t24-/m0/s1. The zero-order chi connectivity index (χ0) is 23.7. The SMILES string of the molecule is CCOC(=O)CNC(=O)N1Cc2c(sc3c2CCCC3)-n2cccc2[C@@H]1c1cccc(OC)c1. The van der Waals surface area contributed by atoms with E-state index in [1.807, 2.05) is 46.6 Å². The number of hydrogen-bond donors (Lipinski definition) is 1. The Morgan fingerprint density at radius 3 is 2.82 bits per heavy atom. The van der Waals surface area contributed by atoms with Crippen LogP contribution >= 0.6 is 11.3 Å². The van der Waals surface area contributed by atoms with E-state index in [0.29, 0.717) is 6.54 Å². The number of urea groups is 1. The predicted molar refractivity (Wildman–Crippen MR) is 131 cm³/mol. The molecule has 3 aromatic rings. The molecule has 0 fully saturated rings. The highest BCUT2D eigenvalue weighted by atomic mass is 32.1. The van der Waals surface area contributed by atoms with E-state index in [1.165, 1.54) is 33.8 Å². The number of carbonyl (C=O) groups excluding carboxylic acids is 2. The summed E-state index contributed by atoms with van der Waals surface area (Å²) in [6.45, 7) is 2.34. The first-order chi connectivity index (χ1) is 16.6. The van der Waals surface area contributed by atoms with E-state index in [4.69, 9.17) is 9.47 Å². The summed E-state index contributed by atoms with van der Waals surface area (Å²) in [6, 6.07) is 11.3. The number of ether oxygens (including phenoxy) is 2. The van der Waals surface area contributed by atoms with Gasteiger partial charge in [-0.25, -0.2) is 4.79 Å². The lowest BCUT2D eigenvalue weighted by atomic mass is 9.95. The zero-order valence-corrected chi connectivity index (χ0v) is 20.3. The van der Waals surface area contributed by atoms with Crippen molar-refractivity contribution in [2.45, 2.75) is 45.2 Å². The molecule has 34 heavy (non-hydrogen) atoms. The van der Waals surface area contributed by atoms with Crippen LogP contribution in [0, 0.1) is 0 Å². The number of fused-ring (bicyclic) bond motifs is 5. The quantitative estimate of drug-likeness (QED) is 0.543. The monoisotopic (exact) mass is 479 g/mol. The van der Waals surface area contributed by atoms with E-state index in [9.17, 15) is 9.59 Å². The lowest BCUT2D eigenvalue weighted by molar-refractivity contribution is -0.141. The molecule has 3 heterocycles. The molecule has 0 bridgehead atoms. The Balaban J connectivity index is 1.61. The van der Waals surface area contributed by atoms with E-state index in [2.05, 4.69) is 22.1 Å². The molecule has 1 N–H and O–H groups in total. The molecule has 1 aliphatic carbocycles. The van der Waals surface area contributed by atoms with Gasteiger partial charge in [0.2, 0.25) is 0 Å². The highest BCUT2D eigenvalue weighted by Gasteiger charge is 2.36. The minimum Gasteiger partial charge on any atom is -0.497 e. The van der Waals surface area contributed by atoms with Gasteiger partial charge in [0, 0.05) is 16.6 Å². The molecule has 0 unspecified atom stereocenters. The second-order valence-electron chi connectivity index (χ2n) is 8.57. The third-order valence-corrected chi connectivity index (χ3v) is 7.87. The van der Waals surface area contributed by atoms with Gasteiger partial charge in [-0.1, -0.05) is 12.1 Å². The summed E-state index contributed by atoms with van der Waals surface area (Å²) in [6.07, 6.45) is 6.60. The van der Waals surface area contributed by atoms with Crippen LogP contribution < -0.4 is 10.1 Å². The Morgan fingerprint density at radius 1 is 1.15 bits per heavy atom. The van der Waals surface area contributed by atoms with Crippen molar-refractivity contribution in [3.8, 4) is 10.8 Å². The van der Waals surface area contributed by atoms with Crippen molar-refractivity contribution < 1.29 is 19.1 Å².